The third-order valence-electron chi connectivity index (χ3n) is 4.91. The standard InChI is InChI=1S/C17H23F3N6O3S/c1-4-24-10-14(13(3)22-24)30(28,29)25-7-5-23(6-8-25)16(27)11-26-15(17(18,19)20)9-12(2)21-26/h9-10H,4-8,11H2,1-3H3. The van der Waals surface area contributed by atoms with Gasteiger partial charge in [-0.05, 0) is 26.8 Å². The first-order chi connectivity index (χ1) is 13.9. The fourth-order valence-electron chi connectivity index (χ4n) is 3.35. The number of carbonyl (C=O) groups is 1. The molecule has 0 saturated carbocycles. The molecule has 9 nitrogen and oxygen atoms in total. The van der Waals surface area contributed by atoms with Gasteiger partial charge in [0.15, 0.2) is 0 Å². The van der Waals surface area contributed by atoms with E-state index in [0.717, 1.165) is 6.07 Å². The van der Waals surface area contributed by atoms with Gasteiger partial charge in [0, 0.05) is 38.9 Å². The van der Waals surface area contributed by atoms with Crippen LogP contribution < -0.4 is 0 Å². The average Bonchev–Trinajstić information content (AvgIpc) is 3.24. The molecule has 30 heavy (non-hydrogen) atoms. The average molecular weight is 448 g/mol. The van der Waals surface area contributed by atoms with E-state index >= 15 is 0 Å². The number of amides is 1. The van der Waals surface area contributed by atoms with E-state index in [1.54, 1.807) is 6.92 Å². The van der Waals surface area contributed by atoms with Crippen molar-refractivity contribution in [3.63, 3.8) is 0 Å². The Morgan fingerprint density at radius 1 is 1.13 bits per heavy atom. The minimum Gasteiger partial charge on any atom is -0.338 e. The zero-order chi connectivity index (χ0) is 22.3. The van der Waals surface area contributed by atoms with Crippen molar-refractivity contribution in [1.82, 2.24) is 28.8 Å². The monoisotopic (exact) mass is 448 g/mol. The molecule has 0 aliphatic carbocycles. The molecular formula is C17H23F3N6O3S. The van der Waals surface area contributed by atoms with E-state index in [9.17, 15) is 26.4 Å². The fourth-order valence-corrected chi connectivity index (χ4v) is 4.95. The van der Waals surface area contributed by atoms with Gasteiger partial charge in [-0.2, -0.15) is 27.7 Å². The first-order valence-electron chi connectivity index (χ1n) is 9.37. The Morgan fingerprint density at radius 2 is 1.77 bits per heavy atom. The first-order valence-corrected chi connectivity index (χ1v) is 10.8. The number of hydrogen-bond acceptors (Lipinski definition) is 5. The Morgan fingerprint density at radius 3 is 2.30 bits per heavy atom. The van der Waals surface area contributed by atoms with Gasteiger partial charge in [0.25, 0.3) is 0 Å². The molecule has 1 aliphatic rings. The molecule has 0 bridgehead atoms. The van der Waals surface area contributed by atoms with Gasteiger partial charge < -0.3 is 4.90 Å². The molecule has 3 rings (SSSR count). The summed E-state index contributed by atoms with van der Waals surface area (Å²) >= 11 is 0. The molecule has 1 aliphatic heterocycles. The van der Waals surface area contributed by atoms with Crippen LogP contribution in [-0.2, 0) is 34.1 Å². The zero-order valence-corrected chi connectivity index (χ0v) is 17.7. The van der Waals surface area contributed by atoms with Crippen molar-refractivity contribution < 1.29 is 26.4 Å². The summed E-state index contributed by atoms with van der Waals surface area (Å²) in [6.45, 7) is 5.12. The largest absolute Gasteiger partial charge is 0.433 e. The summed E-state index contributed by atoms with van der Waals surface area (Å²) < 4.78 is 68.5. The molecule has 0 aromatic carbocycles. The van der Waals surface area contributed by atoms with Crippen LogP contribution in [0.5, 0.6) is 0 Å². The molecule has 0 spiro atoms. The van der Waals surface area contributed by atoms with Crippen molar-refractivity contribution in [1.29, 1.82) is 0 Å². The number of piperazine rings is 1. The first kappa shape index (κ1) is 22.3. The number of rotatable bonds is 5. The quantitative estimate of drug-likeness (QED) is 0.687. The second-order valence-electron chi connectivity index (χ2n) is 7.05. The summed E-state index contributed by atoms with van der Waals surface area (Å²) in [6, 6.07) is 0.886. The lowest BCUT2D eigenvalue weighted by atomic mass is 10.3. The Bertz CT molecular complexity index is 1040. The summed E-state index contributed by atoms with van der Waals surface area (Å²) in [6.07, 6.45) is -3.14. The Hall–Kier alpha value is -2.41. The van der Waals surface area contributed by atoms with E-state index in [4.69, 9.17) is 0 Å². The molecule has 0 N–H and O–H groups in total. The molecule has 2 aromatic rings. The molecule has 2 aromatic heterocycles. The van der Waals surface area contributed by atoms with Gasteiger partial charge in [-0.15, -0.1) is 0 Å². The number of hydrogen-bond donors (Lipinski definition) is 0. The van der Waals surface area contributed by atoms with Crippen molar-refractivity contribution in [2.75, 3.05) is 26.2 Å². The summed E-state index contributed by atoms with van der Waals surface area (Å²) in [7, 11) is -3.77. The smallest absolute Gasteiger partial charge is 0.338 e. The molecule has 0 radical (unpaired) electrons. The van der Waals surface area contributed by atoms with Crippen LogP contribution in [0, 0.1) is 13.8 Å². The second kappa shape index (κ2) is 8.02. The maximum atomic E-state index is 13.1. The van der Waals surface area contributed by atoms with Crippen LogP contribution in [0.1, 0.15) is 24.0 Å². The van der Waals surface area contributed by atoms with E-state index in [-0.39, 0.29) is 36.8 Å². The van der Waals surface area contributed by atoms with Crippen molar-refractivity contribution >= 4 is 15.9 Å². The van der Waals surface area contributed by atoms with E-state index in [1.165, 1.54) is 27.0 Å². The highest BCUT2D eigenvalue weighted by Gasteiger charge is 2.37. The number of aryl methyl sites for hydroxylation is 3. The Balaban J connectivity index is 1.67. The number of aromatic nitrogens is 4. The normalized spacial score (nSPS) is 16.3. The lowest BCUT2D eigenvalue weighted by molar-refractivity contribution is -0.146. The lowest BCUT2D eigenvalue weighted by Crippen LogP contribution is -2.51. The highest BCUT2D eigenvalue weighted by molar-refractivity contribution is 7.89. The van der Waals surface area contributed by atoms with Gasteiger partial charge >= 0.3 is 6.18 Å². The Labute approximate surface area is 172 Å². The number of alkyl halides is 3. The van der Waals surface area contributed by atoms with Crippen molar-refractivity contribution in [3.05, 3.63) is 29.3 Å². The van der Waals surface area contributed by atoms with Crippen LogP contribution >= 0.6 is 0 Å². The van der Waals surface area contributed by atoms with Gasteiger partial charge in [0.05, 0.1) is 11.4 Å². The molecule has 1 amide bonds. The van der Waals surface area contributed by atoms with Crippen molar-refractivity contribution in [2.24, 2.45) is 0 Å². The topological polar surface area (TPSA) is 93.3 Å². The molecule has 1 saturated heterocycles. The van der Waals surface area contributed by atoms with Gasteiger partial charge in [-0.1, -0.05) is 0 Å². The summed E-state index contributed by atoms with van der Waals surface area (Å²) in [4.78, 5) is 14.0. The number of carbonyl (C=O) groups excluding carboxylic acids is 1. The number of halogens is 3. The molecule has 13 heteroatoms. The fraction of sp³-hybridized carbons (Fsp3) is 0.588. The predicted molar refractivity (Wildman–Crippen MR) is 99.9 cm³/mol. The van der Waals surface area contributed by atoms with Crippen LogP contribution in [0.15, 0.2) is 17.2 Å². The summed E-state index contributed by atoms with van der Waals surface area (Å²) in [5, 5.41) is 7.91. The predicted octanol–water partition coefficient (Wildman–Crippen LogP) is 1.27. The van der Waals surface area contributed by atoms with Gasteiger partial charge in [-0.25, -0.2) is 8.42 Å². The van der Waals surface area contributed by atoms with E-state index in [2.05, 4.69) is 10.2 Å². The maximum absolute atomic E-state index is 13.1. The number of nitrogens with zero attached hydrogens (tertiary/aromatic N) is 6. The van der Waals surface area contributed by atoms with Gasteiger partial charge in [0.1, 0.15) is 17.1 Å². The highest BCUT2D eigenvalue weighted by atomic mass is 32.2. The van der Waals surface area contributed by atoms with Crippen molar-refractivity contribution in [2.45, 2.75) is 44.9 Å². The molecule has 0 atom stereocenters. The minimum absolute atomic E-state index is 0.0507. The van der Waals surface area contributed by atoms with Crippen LogP contribution in [0.25, 0.3) is 0 Å². The van der Waals surface area contributed by atoms with Gasteiger partial charge in [-0.3, -0.25) is 14.2 Å². The minimum atomic E-state index is -4.62. The summed E-state index contributed by atoms with van der Waals surface area (Å²) in [5.41, 5.74) is -0.434. The highest BCUT2D eigenvalue weighted by Crippen LogP contribution is 2.30. The molecule has 1 fully saturated rings. The van der Waals surface area contributed by atoms with Crippen LogP contribution in [0.2, 0.25) is 0 Å². The van der Waals surface area contributed by atoms with Crippen molar-refractivity contribution in [3.8, 4) is 0 Å². The molecule has 166 valence electrons. The molecule has 0 unspecified atom stereocenters. The van der Waals surface area contributed by atoms with Crippen LogP contribution in [0.3, 0.4) is 0 Å². The molecule has 3 heterocycles. The van der Waals surface area contributed by atoms with E-state index < -0.39 is 34.3 Å². The Kier molecular flexibility index (Phi) is 5.96. The number of sulfonamides is 1. The zero-order valence-electron chi connectivity index (χ0n) is 16.8. The van der Waals surface area contributed by atoms with E-state index in [1.807, 2.05) is 6.92 Å². The second-order valence-corrected chi connectivity index (χ2v) is 8.95. The maximum Gasteiger partial charge on any atom is 0.433 e. The summed E-state index contributed by atoms with van der Waals surface area (Å²) in [5.74, 6) is -0.546. The lowest BCUT2D eigenvalue weighted by Gasteiger charge is -2.34. The third-order valence-corrected chi connectivity index (χ3v) is 6.91. The SMILES string of the molecule is CCn1cc(S(=O)(=O)N2CCN(C(=O)Cn3nc(C)cc3C(F)(F)F)CC2)c(C)n1. The van der Waals surface area contributed by atoms with Gasteiger partial charge in [0.2, 0.25) is 15.9 Å². The van der Waals surface area contributed by atoms with E-state index in [0.29, 0.717) is 16.9 Å². The third kappa shape index (κ3) is 4.36. The van der Waals surface area contributed by atoms with Crippen LogP contribution in [0.4, 0.5) is 13.2 Å². The molecular weight excluding hydrogens is 425 g/mol. The van der Waals surface area contributed by atoms with Crippen LogP contribution in [-0.4, -0.2) is 69.3 Å².